The van der Waals surface area contributed by atoms with Crippen molar-refractivity contribution in [1.82, 2.24) is 5.32 Å². The first-order chi connectivity index (χ1) is 9.13. The smallest absolute Gasteiger partial charge is 0.225 e. The number of hydrogen-bond acceptors (Lipinski definition) is 2. The Balaban J connectivity index is 1.96. The van der Waals surface area contributed by atoms with Gasteiger partial charge in [0, 0.05) is 0 Å². The van der Waals surface area contributed by atoms with Gasteiger partial charge in [0.1, 0.15) is 5.54 Å². The molecule has 3 nitrogen and oxygen atoms in total. The molecule has 0 aliphatic heterocycles. The lowest BCUT2D eigenvalue weighted by Crippen LogP contribution is -2.50. The molecule has 0 radical (unpaired) electrons. The van der Waals surface area contributed by atoms with Crippen LogP contribution in [0.15, 0.2) is 30.3 Å². The summed E-state index contributed by atoms with van der Waals surface area (Å²) in [6, 6.07) is 12.0. The molecule has 1 aliphatic carbocycles. The van der Waals surface area contributed by atoms with Crippen LogP contribution in [-0.2, 0) is 11.2 Å². The van der Waals surface area contributed by atoms with E-state index in [0.717, 1.165) is 31.2 Å². The minimum atomic E-state index is -0.641. The van der Waals surface area contributed by atoms with E-state index in [9.17, 15) is 10.1 Å². The second-order valence-corrected chi connectivity index (χ2v) is 5.59. The third-order valence-corrected chi connectivity index (χ3v) is 3.93. The van der Waals surface area contributed by atoms with Gasteiger partial charge < -0.3 is 5.32 Å². The fraction of sp³-hybridized carbons (Fsp3) is 0.500. The summed E-state index contributed by atoms with van der Waals surface area (Å²) in [4.78, 5) is 12.1. The zero-order valence-corrected chi connectivity index (χ0v) is 11.4. The number of carbonyl (C=O) groups is 1. The lowest BCUT2D eigenvalue weighted by Gasteiger charge is -2.34. The van der Waals surface area contributed by atoms with Gasteiger partial charge in [0.25, 0.3) is 0 Å². The number of hydrogen-bond donors (Lipinski definition) is 1. The molecule has 2 rings (SSSR count). The highest BCUT2D eigenvalue weighted by atomic mass is 16.1. The predicted molar refractivity (Wildman–Crippen MR) is 74.3 cm³/mol. The molecule has 100 valence electrons. The Kier molecular flexibility index (Phi) is 4.21. The van der Waals surface area contributed by atoms with Crippen molar-refractivity contribution in [3.63, 3.8) is 0 Å². The number of benzene rings is 1. The van der Waals surface area contributed by atoms with E-state index in [1.165, 1.54) is 0 Å². The molecule has 0 spiro atoms. The van der Waals surface area contributed by atoms with Gasteiger partial charge >= 0.3 is 0 Å². The van der Waals surface area contributed by atoms with Crippen LogP contribution < -0.4 is 5.32 Å². The molecule has 1 fully saturated rings. The van der Waals surface area contributed by atoms with Crippen molar-refractivity contribution < 1.29 is 4.79 Å². The molecule has 0 aromatic heterocycles. The van der Waals surface area contributed by atoms with E-state index < -0.39 is 5.54 Å². The van der Waals surface area contributed by atoms with E-state index in [4.69, 9.17) is 0 Å². The second-order valence-electron chi connectivity index (χ2n) is 5.59. The molecule has 0 atom stereocenters. The summed E-state index contributed by atoms with van der Waals surface area (Å²) in [6.45, 7) is 2.20. The number of nitrogens with one attached hydrogen (secondary N) is 1. The van der Waals surface area contributed by atoms with Crippen LogP contribution in [0, 0.1) is 17.2 Å². The molecular formula is C16H20N2O. The maximum atomic E-state index is 12.1. The van der Waals surface area contributed by atoms with Crippen LogP contribution in [0.1, 0.15) is 38.2 Å². The highest BCUT2D eigenvalue weighted by Crippen LogP contribution is 2.31. The van der Waals surface area contributed by atoms with E-state index in [1.54, 1.807) is 0 Å². The zero-order valence-electron chi connectivity index (χ0n) is 11.4. The highest BCUT2D eigenvalue weighted by Gasteiger charge is 2.35. The van der Waals surface area contributed by atoms with E-state index in [0.29, 0.717) is 12.3 Å². The van der Waals surface area contributed by atoms with E-state index >= 15 is 0 Å². The van der Waals surface area contributed by atoms with Crippen molar-refractivity contribution in [2.75, 3.05) is 0 Å². The van der Waals surface area contributed by atoms with Crippen LogP contribution in [-0.4, -0.2) is 11.4 Å². The van der Waals surface area contributed by atoms with Crippen LogP contribution in [0.3, 0.4) is 0 Å². The Labute approximate surface area is 114 Å². The van der Waals surface area contributed by atoms with Gasteiger partial charge in [-0.2, -0.15) is 5.26 Å². The van der Waals surface area contributed by atoms with Gasteiger partial charge in [-0.05, 0) is 37.2 Å². The van der Waals surface area contributed by atoms with Gasteiger partial charge in [0.05, 0.1) is 12.5 Å². The van der Waals surface area contributed by atoms with Gasteiger partial charge in [0.15, 0.2) is 0 Å². The van der Waals surface area contributed by atoms with Gasteiger partial charge in [-0.3, -0.25) is 4.79 Å². The molecule has 0 saturated heterocycles. The summed E-state index contributed by atoms with van der Waals surface area (Å²) in [5, 5.41) is 12.3. The summed E-state index contributed by atoms with van der Waals surface area (Å²) in [7, 11) is 0. The van der Waals surface area contributed by atoms with Gasteiger partial charge in [0.2, 0.25) is 5.91 Å². The topological polar surface area (TPSA) is 52.9 Å². The fourth-order valence-corrected chi connectivity index (χ4v) is 2.61. The Hall–Kier alpha value is -1.82. The van der Waals surface area contributed by atoms with Crippen molar-refractivity contribution in [3.8, 4) is 6.07 Å². The lowest BCUT2D eigenvalue weighted by molar-refractivity contribution is -0.122. The average molecular weight is 256 g/mol. The Morgan fingerprint density at radius 2 is 2.00 bits per heavy atom. The van der Waals surface area contributed by atoms with Crippen LogP contribution in [0.4, 0.5) is 0 Å². The predicted octanol–water partition coefficient (Wildman–Crippen LogP) is 2.82. The Bertz CT molecular complexity index is 467. The molecule has 1 saturated carbocycles. The van der Waals surface area contributed by atoms with Crippen LogP contribution in [0.5, 0.6) is 0 Å². The fourth-order valence-electron chi connectivity index (χ4n) is 2.61. The molecule has 1 aromatic rings. The minimum absolute atomic E-state index is 0.0534. The molecule has 0 bridgehead atoms. The summed E-state index contributed by atoms with van der Waals surface area (Å²) in [5.74, 6) is 0.606. The number of carbonyl (C=O) groups excluding carboxylic acids is 1. The molecule has 0 unspecified atom stereocenters. The molecule has 3 heteroatoms. The minimum Gasteiger partial charge on any atom is -0.338 e. The maximum Gasteiger partial charge on any atom is 0.225 e. The summed E-state index contributed by atoms with van der Waals surface area (Å²) in [5.41, 5.74) is 0.343. The Morgan fingerprint density at radius 1 is 1.37 bits per heavy atom. The van der Waals surface area contributed by atoms with Crippen LogP contribution >= 0.6 is 0 Å². The van der Waals surface area contributed by atoms with Crippen LogP contribution in [0.2, 0.25) is 0 Å². The molecule has 1 aromatic carbocycles. The van der Waals surface area contributed by atoms with E-state index in [-0.39, 0.29) is 5.91 Å². The first-order valence-corrected chi connectivity index (χ1v) is 6.90. The summed E-state index contributed by atoms with van der Waals surface area (Å²) < 4.78 is 0. The van der Waals surface area contributed by atoms with Crippen molar-refractivity contribution in [2.45, 2.75) is 44.6 Å². The number of rotatable bonds is 3. The van der Waals surface area contributed by atoms with E-state index in [1.807, 2.05) is 30.3 Å². The third kappa shape index (κ3) is 3.57. The quantitative estimate of drug-likeness (QED) is 0.904. The normalized spacial score (nSPS) is 26.4. The Morgan fingerprint density at radius 3 is 2.58 bits per heavy atom. The maximum absolute atomic E-state index is 12.1. The zero-order chi connectivity index (χ0) is 13.7. The largest absolute Gasteiger partial charge is 0.338 e. The summed E-state index contributed by atoms with van der Waals surface area (Å²) in [6.07, 6.45) is 3.91. The standard InChI is InChI=1S/C16H20N2O/c1-13-7-9-16(12-17,10-8-13)18-15(19)11-14-5-3-2-4-6-14/h2-6,13H,7-11H2,1H3,(H,18,19). The van der Waals surface area contributed by atoms with Gasteiger partial charge in [-0.25, -0.2) is 0 Å². The second kappa shape index (κ2) is 5.88. The molecular weight excluding hydrogens is 236 g/mol. The molecule has 1 N–H and O–H groups in total. The highest BCUT2D eigenvalue weighted by molar-refractivity contribution is 5.79. The SMILES string of the molecule is CC1CCC(C#N)(NC(=O)Cc2ccccc2)CC1. The van der Waals surface area contributed by atoms with Crippen molar-refractivity contribution in [3.05, 3.63) is 35.9 Å². The number of nitriles is 1. The molecule has 19 heavy (non-hydrogen) atoms. The first-order valence-electron chi connectivity index (χ1n) is 6.90. The molecule has 0 heterocycles. The lowest BCUT2D eigenvalue weighted by atomic mass is 9.78. The van der Waals surface area contributed by atoms with Crippen molar-refractivity contribution in [2.24, 2.45) is 5.92 Å². The average Bonchev–Trinajstić information content (AvgIpc) is 2.43. The van der Waals surface area contributed by atoms with E-state index in [2.05, 4.69) is 18.3 Å². The van der Waals surface area contributed by atoms with Gasteiger partial charge in [-0.15, -0.1) is 0 Å². The van der Waals surface area contributed by atoms with Gasteiger partial charge in [-0.1, -0.05) is 37.3 Å². The molecule has 1 aliphatic rings. The van der Waals surface area contributed by atoms with Crippen LogP contribution in [0.25, 0.3) is 0 Å². The first kappa shape index (κ1) is 13.6. The number of amides is 1. The van der Waals surface area contributed by atoms with Crippen molar-refractivity contribution in [1.29, 1.82) is 5.26 Å². The molecule has 1 amide bonds. The summed E-state index contributed by atoms with van der Waals surface area (Å²) >= 11 is 0. The van der Waals surface area contributed by atoms with Crippen molar-refractivity contribution >= 4 is 5.91 Å². The third-order valence-electron chi connectivity index (χ3n) is 3.93. The monoisotopic (exact) mass is 256 g/mol. The number of nitrogens with zero attached hydrogens (tertiary/aromatic N) is 1.